The second-order valence-electron chi connectivity index (χ2n) is 12.9. The number of hydrogen-bond acceptors (Lipinski definition) is 3. The van der Waals surface area contributed by atoms with Crippen molar-refractivity contribution >= 4 is 49.4 Å². The van der Waals surface area contributed by atoms with Crippen LogP contribution in [-0.2, 0) is 0 Å². The van der Waals surface area contributed by atoms with Crippen LogP contribution in [0.4, 0.5) is 0 Å². The van der Waals surface area contributed by atoms with Crippen molar-refractivity contribution in [2.75, 3.05) is 0 Å². The number of benzene rings is 7. The van der Waals surface area contributed by atoms with E-state index in [-0.39, 0.29) is 12.5 Å². The molecule has 0 saturated carbocycles. The van der Waals surface area contributed by atoms with Gasteiger partial charge in [-0.05, 0) is 53.1 Å². The summed E-state index contributed by atoms with van der Waals surface area (Å²) >= 11 is 0. The summed E-state index contributed by atoms with van der Waals surface area (Å²) in [5, 5.41) is 12.5. The molecule has 0 radical (unpaired) electrons. The molecule has 50 heavy (non-hydrogen) atoms. The Morgan fingerprint density at radius 3 is 1.72 bits per heavy atom. The van der Waals surface area contributed by atoms with Gasteiger partial charge in [0.1, 0.15) is 12.0 Å². The molecule has 5 heteroatoms. The molecule has 0 bridgehead atoms. The van der Waals surface area contributed by atoms with Crippen LogP contribution < -0.4 is 10.6 Å². The molecule has 0 fully saturated rings. The van der Waals surface area contributed by atoms with Crippen molar-refractivity contribution in [2.45, 2.75) is 12.5 Å². The van der Waals surface area contributed by atoms with Crippen molar-refractivity contribution in [1.29, 1.82) is 0 Å². The summed E-state index contributed by atoms with van der Waals surface area (Å²) in [5.41, 5.74) is 10.4. The van der Waals surface area contributed by atoms with Crippen LogP contribution in [0.15, 0.2) is 181 Å². The van der Waals surface area contributed by atoms with Crippen LogP contribution >= 0.6 is 0 Å². The van der Waals surface area contributed by atoms with E-state index in [4.69, 9.17) is 4.99 Å². The zero-order valence-electron chi connectivity index (χ0n) is 27.2. The van der Waals surface area contributed by atoms with Crippen LogP contribution in [0.2, 0.25) is 0 Å². The molecule has 0 aliphatic carbocycles. The van der Waals surface area contributed by atoms with Gasteiger partial charge in [-0.2, -0.15) is 0 Å². The minimum absolute atomic E-state index is 0.151. The monoisotopic (exact) mass is 643 g/mol. The van der Waals surface area contributed by atoms with Gasteiger partial charge in [0.05, 0.1) is 22.1 Å². The lowest BCUT2D eigenvalue weighted by molar-refractivity contribution is 0.341. The Bertz CT molecular complexity index is 2690. The van der Waals surface area contributed by atoms with Gasteiger partial charge < -0.3 is 14.5 Å². The number of aliphatic imine (C=N–C) groups is 1. The molecule has 0 amide bonds. The zero-order chi connectivity index (χ0) is 33.0. The lowest BCUT2D eigenvalue weighted by Crippen LogP contribution is -2.46. The highest BCUT2D eigenvalue weighted by atomic mass is 15.4. The van der Waals surface area contributed by atoms with E-state index in [0.717, 1.165) is 33.7 Å². The maximum atomic E-state index is 5.42. The maximum absolute atomic E-state index is 5.42. The molecule has 0 saturated heterocycles. The van der Waals surface area contributed by atoms with E-state index < -0.39 is 0 Å². The number of para-hydroxylation sites is 3. The summed E-state index contributed by atoms with van der Waals surface area (Å²) < 4.78 is 4.77. The Labute approximate surface area is 289 Å². The van der Waals surface area contributed by atoms with Gasteiger partial charge in [0.25, 0.3) is 0 Å². The highest BCUT2D eigenvalue weighted by Gasteiger charge is 2.28. The third-order valence-corrected chi connectivity index (χ3v) is 10.0. The topological polar surface area (TPSA) is 46.3 Å². The normalized spacial score (nSPS) is 16.2. The first kappa shape index (κ1) is 28.6. The first-order valence-corrected chi connectivity index (χ1v) is 17.1. The Morgan fingerprint density at radius 2 is 0.980 bits per heavy atom. The molecular formula is C45H33N5. The minimum atomic E-state index is -0.368. The molecular weight excluding hydrogens is 611 g/mol. The second-order valence-corrected chi connectivity index (χ2v) is 12.9. The fourth-order valence-electron chi connectivity index (χ4n) is 7.67. The number of nitrogens with zero attached hydrogens (tertiary/aromatic N) is 3. The summed E-state index contributed by atoms with van der Waals surface area (Å²) in [6.07, 6.45) is -0.519. The number of hydrogen-bond donors (Lipinski definition) is 2. The van der Waals surface area contributed by atoms with Crippen molar-refractivity contribution in [1.82, 2.24) is 19.8 Å². The standard InChI is InChI=1S/C45H33N5/c1-4-14-30(15-5-1)31-24-26-33(27-25-31)44-46-43(32-16-6-2-7-17-32)47-45(48-44)50-40-23-13-11-21-36(40)38-28-41-37(29-42(38)50)35-20-10-12-22-39(35)49(41)34-18-8-3-9-19-34/h1-29,43,45,47H,(H,46,48). The van der Waals surface area contributed by atoms with Crippen LogP contribution in [0.5, 0.6) is 0 Å². The SMILES string of the molecule is c1ccc(-c2ccc(C3=NC(n4c5ccccc5c5cc6c(cc54)c4ccccc4n6-c4ccccc4)NC(c4ccccc4)N3)cc2)cc1. The molecule has 5 nitrogen and oxygen atoms in total. The fourth-order valence-corrected chi connectivity index (χ4v) is 7.67. The Morgan fingerprint density at radius 1 is 0.440 bits per heavy atom. The maximum Gasteiger partial charge on any atom is 0.184 e. The van der Waals surface area contributed by atoms with E-state index in [9.17, 15) is 0 Å². The predicted molar refractivity (Wildman–Crippen MR) is 207 cm³/mol. The predicted octanol–water partition coefficient (Wildman–Crippen LogP) is 10.4. The van der Waals surface area contributed by atoms with Crippen LogP contribution in [0.1, 0.15) is 23.6 Å². The first-order valence-electron chi connectivity index (χ1n) is 17.1. The van der Waals surface area contributed by atoms with Crippen molar-refractivity contribution in [3.8, 4) is 16.8 Å². The average molecular weight is 644 g/mol. The molecule has 3 heterocycles. The van der Waals surface area contributed by atoms with Crippen molar-refractivity contribution < 1.29 is 0 Å². The number of nitrogens with one attached hydrogen (secondary N) is 2. The molecule has 2 unspecified atom stereocenters. The molecule has 10 rings (SSSR count). The largest absolute Gasteiger partial charge is 0.350 e. The highest BCUT2D eigenvalue weighted by molar-refractivity contribution is 6.18. The van der Waals surface area contributed by atoms with Gasteiger partial charge in [0, 0.05) is 32.8 Å². The van der Waals surface area contributed by atoms with Crippen molar-refractivity contribution in [2.24, 2.45) is 4.99 Å². The van der Waals surface area contributed by atoms with E-state index in [2.05, 4.69) is 196 Å². The molecule has 7 aromatic carbocycles. The van der Waals surface area contributed by atoms with Gasteiger partial charge in [-0.15, -0.1) is 0 Å². The van der Waals surface area contributed by atoms with E-state index in [1.807, 2.05) is 0 Å². The molecule has 2 atom stereocenters. The molecule has 0 spiro atoms. The van der Waals surface area contributed by atoms with E-state index in [0.29, 0.717) is 0 Å². The van der Waals surface area contributed by atoms with Crippen LogP contribution in [0.25, 0.3) is 60.4 Å². The van der Waals surface area contributed by atoms with Gasteiger partial charge in [0.2, 0.25) is 0 Å². The van der Waals surface area contributed by atoms with Crippen LogP contribution in [0.3, 0.4) is 0 Å². The average Bonchev–Trinajstić information content (AvgIpc) is 3.70. The highest BCUT2D eigenvalue weighted by Crippen LogP contribution is 2.40. The molecule has 2 N–H and O–H groups in total. The molecule has 1 aliphatic rings. The van der Waals surface area contributed by atoms with E-state index >= 15 is 0 Å². The molecule has 1 aliphatic heterocycles. The smallest absolute Gasteiger partial charge is 0.184 e. The van der Waals surface area contributed by atoms with Gasteiger partial charge in [0.15, 0.2) is 6.29 Å². The summed E-state index contributed by atoms with van der Waals surface area (Å²) in [7, 11) is 0. The first-order chi connectivity index (χ1) is 24.8. The van der Waals surface area contributed by atoms with Crippen molar-refractivity contribution in [3.63, 3.8) is 0 Å². The molecule has 2 aromatic heterocycles. The minimum Gasteiger partial charge on any atom is -0.350 e. The molecule has 9 aromatic rings. The zero-order valence-corrected chi connectivity index (χ0v) is 27.2. The van der Waals surface area contributed by atoms with E-state index in [1.54, 1.807) is 0 Å². The van der Waals surface area contributed by atoms with Crippen LogP contribution in [-0.4, -0.2) is 15.0 Å². The Kier molecular flexibility index (Phi) is 6.64. The van der Waals surface area contributed by atoms with Gasteiger partial charge in [-0.1, -0.05) is 140 Å². The quantitative estimate of drug-likeness (QED) is 0.196. The molecule has 238 valence electrons. The number of fused-ring (bicyclic) bond motifs is 6. The summed E-state index contributed by atoms with van der Waals surface area (Å²) in [6, 6.07) is 62.6. The van der Waals surface area contributed by atoms with Gasteiger partial charge >= 0.3 is 0 Å². The number of amidine groups is 1. The summed E-state index contributed by atoms with van der Waals surface area (Å²) in [5.74, 6) is 0.856. The summed E-state index contributed by atoms with van der Waals surface area (Å²) in [4.78, 5) is 5.42. The summed E-state index contributed by atoms with van der Waals surface area (Å²) in [6.45, 7) is 0. The van der Waals surface area contributed by atoms with Gasteiger partial charge in [-0.3, -0.25) is 5.32 Å². The number of rotatable bonds is 5. The lowest BCUT2D eigenvalue weighted by Gasteiger charge is -2.33. The lowest BCUT2D eigenvalue weighted by atomic mass is 10.0. The third kappa shape index (κ3) is 4.63. The Hall–Kier alpha value is -6.43. The van der Waals surface area contributed by atoms with Crippen LogP contribution in [0, 0.1) is 0 Å². The van der Waals surface area contributed by atoms with E-state index in [1.165, 1.54) is 43.7 Å². The van der Waals surface area contributed by atoms with Crippen molar-refractivity contribution in [3.05, 3.63) is 187 Å². The number of aromatic nitrogens is 2. The van der Waals surface area contributed by atoms with Gasteiger partial charge in [-0.25, -0.2) is 4.99 Å². The fraction of sp³-hybridized carbons (Fsp3) is 0.0444. The third-order valence-electron chi connectivity index (χ3n) is 10.0. The second kappa shape index (κ2) is 11.6. The Balaban J connectivity index is 1.19.